The second-order valence-electron chi connectivity index (χ2n) is 4.89. The average molecular weight is 220 g/mol. The maximum atomic E-state index is 5.67. The Morgan fingerprint density at radius 3 is 2.88 bits per heavy atom. The van der Waals surface area contributed by atoms with Gasteiger partial charge in [0.1, 0.15) is 17.5 Å². The molecular formula is C12H20N4. The minimum atomic E-state index is 0.537. The minimum Gasteiger partial charge on any atom is -0.384 e. The molecule has 0 saturated heterocycles. The predicted octanol–water partition coefficient (Wildman–Crippen LogP) is 2.22. The first kappa shape index (κ1) is 11.2. The van der Waals surface area contributed by atoms with Crippen LogP contribution >= 0.6 is 0 Å². The molecule has 1 aliphatic carbocycles. The van der Waals surface area contributed by atoms with Gasteiger partial charge in [-0.15, -0.1) is 0 Å². The molecule has 2 atom stereocenters. The van der Waals surface area contributed by atoms with Gasteiger partial charge in [-0.2, -0.15) is 0 Å². The van der Waals surface area contributed by atoms with Gasteiger partial charge in [0.2, 0.25) is 0 Å². The van der Waals surface area contributed by atoms with Crippen LogP contribution in [0.1, 0.15) is 32.0 Å². The molecule has 1 saturated carbocycles. The molecule has 0 amide bonds. The summed E-state index contributed by atoms with van der Waals surface area (Å²) in [6.07, 6.45) is 4.01. The minimum absolute atomic E-state index is 0.537. The number of hydrogen-bond acceptors (Lipinski definition) is 4. The van der Waals surface area contributed by atoms with E-state index in [9.17, 15) is 0 Å². The molecule has 0 radical (unpaired) electrons. The average Bonchev–Trinajstić information content (AvgIpc) is 2.60. The first-order chi connectivity index (χ1) is 7.63. The first-order valence-corrected chi connectivity index (χ1v) is 5.98. The highest BCUT2D eigenvalue weighted by Crippen LogP contribution is 2.30. The fourth-order valence-electron chi connectivity index (χ4n) is 2.44. The highest BCUT2D eigenvalue weighted by molar-refractivity contribution is 5.44. The summed E-state index contributed by atoms with van der Waals surface area (Å²) in [4.78, 5) is 8.36. The molecule has 0 aromatic carbocycles. The van der Waals surface area contributed by atoms with E-state index in [-0.39, 0.29) is 0 Å². The van der Waals surface area contributed by atoms with Crippen LogP contribution in [-0.4, -0.2) is 16.5 Å². The van der Waals surface area contributed by atoms with Crippen LogP contribution in [0.2, 0.25) is 0 Å². The van der Waals surface area contributed by atoms with Gasteiger partial charge in [-0.25, -0.2) is 9.97 Å². The van der Waals surface area contributed by atoms with E-state index in [1.54, 1.807) is 6.07 Å². The maximum Gasteiger partial charge on any atom is 0.131 e. The van der Waals surface area contributed by atoms with Gasteiger partial charge >= 0.3 is 0 Å². The van der Waals surface area contributed by atoms with E-state index in [0.717, 1.165) is 30.0 Å². The Morgan fingerprint density at radius 2 is 2.25 bits per heavy atom. The van der Waals surface area contributed by atoms with Gasteiger partial charge in [-0.1, -0.05) is 13.3 Å². The summed E-state index contributed by atoms with van der Waals surface area (Å²) in [5.74, 6) is 3.78. The van der Waals surface area contributed by atoms with Gasteiger partial charge in [-0.05, 0) is 31.6 Å². The van der Waals surface area contributed by atoms with Crippen LogP contribution in [0.4, 0.5) is 11.6 Å². The fraction of sp³-hybridized carbons (Fsp3) is 0.667. The third-order valence-electron chi connectivity index (χ3n) is 3.23. The molecule has 1 fully saturated rings. The molecular weight excluding hydrogens is 200 g/mol. The second kappa shape index (κ2) is 4.68. The zero-order valence-electron chi connectivity index (χ0n) is 10.0. The standard InChI is InChI=1S/C12H20N4/c1-8-3-4-10(5-8)7-14-12-6-11(13)15-9(2)16-12/h6,8,10H,3-5,7H2,1-2H3,(H3,13,14,15,16). The van der Waals surface area contributed by atoms with Crippen LogP contribution in [0.15, 0.2) is 6.07 Å². The molecule has 1 aromatic rings. The van der Waals surface area contributed by atoms with E-state index >= 15 is 0 Å². The smallest absolute Gasteiger partial charge is 0.131 e. The number of rotatable bonds is 3. The third-order valence-corrected chi connectivity index (χ3v) is 3.23. The lowest BCUT2D eigenvalue weighted by atomic mass is 10.1. The Morgan fingerprint density at radius 1 is 1.44 bits per heavy atom. The number of hydrogen-bond donors (Lipinski definition) is 2. The topological polar surface area (TPSA) is 63.8 Å². The molecule has 4 heteroatoms. The van der Waals surface area contributed by atoms with E-state index in [0.29, 0.717) is 5.82 Å². The molecule has 88 valence electrons. The van der Waals surface area contributed by atoms with Gasteiger partial charge < -0.3 is 11.1 Å². The summed E-state index contributed by atoms with van der Waals surface area (Å²) in [5.41, 5.74) is 5.67. The van der Waals surface area contributed by atoms with Crippen molar-refractivity contribution in [3.05, 3.63) is 11.9 Å². The number of nitrogens with zero attached hydrogens (tertiary/aromatic N) is 2. The van der Waals surface area contributed by atoms with Crippen molar-refractivity contribution in [1.29, 1.82) is 0 Å². The quantitative estimate of drug-likeness (QED) is 0.819. The number of nitrogens with two attached hydrogens (primary N) is 1. The van der Waals surface area contributed by atoms with Gasteiger partial charge in [0.25, 0.3) is 0 Å². The predicted molar refractivity (Wildman–Crippen MR) is 66.2 cm³/mol. The normalized spacial score (nSPS) is 24.6. The van der Waals surface area contributed by atoms with Crippen LogP contribution < -0.4 is 11.1 Å². The molecule has 4 nitrogen and oxygen atoms in total. The molecule has 3 N–H and O–H groups in total. The molecule has 2 rings (SSSR count). The van der Waals surface area contributed by atoms with Crippen LogP contribution in [0.25, 0.3) is 0 Å². The molecule has 1 aliphatic rings. The summed E-state index contributed by atoms with van der Waals surface area (Å²) in [5, 5.41) is 3.36. The number of nitrogen functional groups attached to an aromatic ring is 1. The van der Waals surface area contributed by atoms with Crippen molar-refractivity contribution in [2.75, 3.05) is 17.6 Å². The zero-order chi connectivity index (χ0) is 11.5. The number of anilines is 2. The van der Waals surface area contributed by atoms with E-state index in [1.165, 1.54) is 19.3 Å². The molecule has 0 spiro atoms. The molecule has 0 aliphatic heterocycles. The molecule has 1 heterocycles. The molecule has 0 bridgehead atoms. The Labute approximate surface area is 96.7 Å². The highest BCUT2D eigenvalue weighted by Gasteiger charge is 2.20. The first-order valence-electron chi connectivity index (χ1n) is 5.98. The summed E-state index contributed by atoms with van der Waals surface area (Å²) >= 11 is 0. The van der Waals surface area contributed by atoms with Crippen LogP contribution in [0.5, 0.6) is 0 Å². The third kappa shape index (κ3) is 2.84. The number of aromatic nitrogens is 2. The van der Waals surface area contributed by atoms with Crippen molar-refractivity contribution in [2.45, 2.75) is 33.1 Å². The molecule has 16 heavy (non-hydrogen) atoms. The van der Waals surface area contributed by atoms with Crippen molar-refractivity contribution >= 4 is 11.6 Å². The Hall–Kier alpha value is -1.32. The van der Waals surface area contributed by atoms with Crippen molar-refractivity contribution in [2.24, 2.45) is 11.8 Å². The zero-order valence-corrected chi connectivity index (χ0v) is 10.0. The van der Waals surface area contributed by atoms with Crippen molar-refractivity contribution in [1.82, 2.24) is 9.97 Å². The van der Waals surface area contributed by atoms with Crippen LogP contribution in [-0.2, 0) is 0 Å². The Balaban J connectivity index is 1.89. The van der Waals surface area contributed by atoms with Gasteiger partial charge in [0.15, 0.2) is 0 Å². The van der Waals surface area contributed by atoms with Crippen molar-refractivity contribution < 1.29 is 0 Å². The van der Waals surface area contributed by atoms with Crippen LogP contribution in [0, 0.1) is 18.8 Å². The lowest BCUT2D eigenvalue weighted by molar-refractivity contribution is 0.536. The Kier molecular flexibility index (Phi) is 3.27. The van der Waals surface area contributed by atoms with Gasteiger partial charge in [0, 0.05) is 12.6 Å². The SMILES string of the molecule is Cc1nc(N)cc(NCC2CCC(C)C2)n1. The van der Waals surface area contributed by atoms with Crippen LogP contribution in [0.3, 0.4) is 0 Å². The fourth-order valence-corrected chi connectivity index (χ4v) is 2.44. The lowest BCUT2D eigenvalue weighted by Gasteiger charge is -2.12. The van der Waals surface area contributed by atoms with E-state index in [4.69, 9.17) is 5.73 Å². The van der Waals surface area contributed by atoms with E-state index in [1.807, 2.05) is 6.92 Å². The monoisotopic (exact) mass is 220 g/mol. The summed E-state index contributed by atoms with van der Waals surface area (Å²) in [7, 11) is 0. The number of aryl methyl sites for hydroxylation is 1. The summed E-state index contributed by atoms with van der Waals surface area (Å²) in [6, 6.07) is 1.80. The summed E-state index contributed by atoms with van der Waals surface area (Å²) in [6.45, 7) is 5.19. The van der Waals surface area contributed by atoms with Crippen molar-refractivity contribution in [3.8, 4) is 0 Å². The van der Waals surface area contributed by atoms with E-state index < -0.39 is 0 Å². The van der Waals surface area contributed by atoms with Crippen molar-refractivity contribution in [3.63, 3.8) is 0 Å². The maximum absolute atomic E-state index is 5.67. The molecule has 1 aromatic heterocycles. The Bertz CT molecular complexity index is 344. The van der Waals surface area contributed by atoms with E-state index in [2.05, 4.69) is 22.2 Å². The lowest BCUT2D eigenvalue weighted by Crippen LogP contribution is -2.13. The number of nitrogens with one attached hydrogen (secondary N) is 1. The second-order valence-corrected chi connectivity index (χ2v) is 4.89. The van der Waals surface area contributed by atoms with Gasteiger partial charge in [-0.3, -0.25) is 0 Å². The largest absolute Gasteiger partial charge is 0.384 e. The summed E-state index contributed by atoms with van der Waals surface area (Å²) < 4.78 is 0. The molecule has 2 unspecified atom stereocenters. The highest BCUT2D eigenvalue weighted by atomic mass is 15.0. The van der Waals surface area contributed by atoms with Gasteiger partial charge in [0.05, 0.1) is 0 Å².